The Hall–Kier alpha value is -0.720. The summed E-state index contributed by atoms with van der Waals surface area (Å²) in [5, 5.41) is 0. The second-order valence-corrected chi connectivity index (χ2v) is 5.76. The van der Waals surface area contributed by atoms with Gasteiger partial charge in [-0.2, -0.15) is 0 Å². The molecule has 0 saturated carbocycles. The molecule has 1 aromatic carbocycles. The van der Waals surface area contributed by atoms with Gasteiger partial charge in [-0.1, -0.05) is 0 Å². The van der Waals surface area contributed by atoms with Gasteiger partial charge in [-0.3, -0.25) is 0 Å². The average Bonchev–Trinajstić information content (AvgIpc) is 2.83. The molecule has 0 bridgehead atoms. The molecule has 1 aromatic heterocycles. The zero-order valence-electron chi connectivity index (χ0n) is 9.74. The van der Waals surface area contributed by atoms with E-state index in [0.717, 1.165) is 24.1 Å². The Morgan fingerprint density at radius 3 is 3.00 bits per heavy atom. The molecule has 3 nitrogen and oxygen atoms in total. The van der Waals surface area contributed by atoms with Crippen LogP contribution in [0.25, 0.3) is 11.0 Å². The van der Waals surface area contributed by atoms with Crippen LogP contribution in [-0.2, 0) is 4.74 Å². The third-order valence-electron chi connectivity index (χ3n) is 3.43. The summed E-state index contributed by atoms with van der Waals surface area (Å²) in [7, 11) is 0. The molecule has 1 saturated heterocycles. The van der Waals surface area contributed by atoms with Crippen LogP contribution in [0.2, 0.25) is 0 Å². The summed E-state index contributed by atoms with van der Waals surface area (Å²) in [5.41, 5.74) is 1.63. The van der Waals surface area contributed by atoms with Crippen molar-refractivity contribution in [1.82, 2.24) is 9.55 Å². The molecular formula is C12H12BrFN2OS. The smallest absolute Gasteiger partial charge is 0.178 e. The molecule has 1 N–H and O–H groups in total. The van der Waals surface area contributed by atoms with Gasteiger partial charge in [-0.05, 0) is 47.6 Å². The van der Waals surface area contributed by atoms with Crippen molar-refractivity contribution in [2.45, 2.75) is 25.5 Å². The Labute approximate surface area is 117 Å². The molecule has 0 radical (unpaired) electrons. The molecule has 3 rings (SSSR count). The van der Waals surface area contributed by atoms with Crippen LogP contribution in [0, 0.1) is 10.6 Å². The lowest BCUT2D eigenvalue weighted by atomic mass is 10.1. The summed E-state index contributed by atoms with van der Waals surface area (Å²) in [6, 6.07) is 3.40. The molecule has 2 unspecified atom stereocenters. The molecule has 0 spiro atoms. The Balaban J connectivity index is 2.25. The van der Waals surface area contributed by atoms with Gasteiger partial charge in [-0.15, -0.1) is 0 Å². The Morgan fingerprint density at radius 2 is 2.33 bits per heavy atom. The first-order valence-corrected chi connectivity index (χ1v) is 6.99. The van der Waals surface area contributed by atoms with Crippen LogP contribution in [0.5, 0.6) is 0 Å². The van der Waals surface area contributed by atoms with Gasteiger partial charge in [0.15, 0.2) is 4.77 Å². The number of hydrogen-bond donors (Lipinski definition) is 1. The van der Waals surface area contributed by atoms with Crippen molar-refractivity contribution >= 4 is 39.2 Å². The number of rotatable bonds is 1. The fourth-order valence-electron chi connectivity index (χ4n) is 2.51. The Kier molecular flexibility index (Phi) is 3.03. The number of nitrogens with one attached hydrogen (secondary N) is 1. The van der Waals surface area contributed by atoms with Gasteiger partial charge in [0, 0.05) is 12.7 Å². The fraction of sp³-hybridized carbons (Fsp3) is 0.417. The van der Waals surface area contributed by atoms with Crippen molar-refractivity contribution in [3.8, 4) is 0 Å². The summed E-state index contributed by atoms with van der Waals surface area (Å²) >= 11 is 8.53. The second kappa shape index (κ2) is 4.43. The first-order chi connectivity index (χ1) is 8.58. The van der Waals surface area contributed by atoms with E-state index < -0.39 is 0 Å². The number of benzene rings is 1. The van der Waals surface area contributed by atoms with E-state index in [1.807, 2.05) is 11.5 Å². The summed E-state index contributed by atoms with van der Waals surface area (Å²) in [5.74, 6) is -0.281. The number of aromatic nitrogens is 2. The highest BCUT2D eigenvalue weighted by atomic mass is 79.9. The van der Waals surface area contributed by atoms with Crippen LogP contribution in [0.3, 0.4) is 0 Å². The van der Waals surface area contributed by atoms with Gasteiger partial charge in [0.1, 0.15) is 5.82 Å². The zero-order valence-corrected chi connectivity index (χ0v) is 12.1. The van der Waals surface area contributed by atoms with E-state index in [4.69, 9.17) is 17.0 Å². The van der Waals surface area contributed by atoms with Crippen molar-refractivity contribution in [1.29, 1.82) is 0 Å². The quantitative estimate of drug-likeness (QED) is 0.802. The van der Waals surface area contributed by atoms with Crippen molar-refractivity contribution < 1.29 is 9.13 Å². The first-order valence-electron chi connectivity index (χ1n) is 5.79. The van der Waals surface area contributed by atoms with Crippen LogP contribution in [-0.4, -0.2) is 22.3 Å². The maximum Gasteiger partial charge on any atom is 0.178 e. The molecule has 0 amide bonds. The molecule has 1 aliphatic heterocycles. The fourth-order valence-corrected chi connectivity index (χ4v) is 3.20. The molecule has 6 heteroatoms. The largest absolute Gasteiger partial charge is 0.376 e. The number of aromatic amines is 1. The minimum absolute atomic E-state index is 0.0995. The van der Waals surface area contributed by atoms with Crippen LogP contribution >= 0.6 is 28.1 Å². The lowest BCUT2D eigenvalue weighted by Crippen LogP contribution is -2.16. The van der Waals surface area contributed by atoms with Gasteiger partial charge in [-0.25, -0.2) is 4.39 Å². The molecule has 2 heterocycles. The predicted molar refractivity (Wildman–Crippen MR) is 73.8 cm³/mol. The number of ether oxygens (including phenoxy) is 1. The number of nitrogens with zero attached hydrogens (tertiary/aromatic N) is 1. The van der Waals surface area contributed by atoms with E-state index in [0.29, 0.717) is 9.24 Å². The molecule has 1 fully saturated rings. The lowest BCUT2D eigenvalue weighted by molar-refractivity contribution is 0.108. The number of hydrogen-bond acceptors (Lipinski definition) is 2. The maximum atomic E-state index is 13.7. The lowest BCUT2D eigenvalue weighted by Gasteiger charge is -2.16. The predicted octanol–water partition coefficient (Wildman–Crippen LogP) is 3.95. The van der Waals surface area contributed by atoms with Crippen LogP contribution < -0.4 is 0 Å². The minimum atomic E-state index is -0.281. The summed E-state index contributed by atoms with van der Waals surface area (Å²) in [6.07, 6.45) is 1.00. The minimum Gasteiger partial charge on any atom is -0.376 e. The third-order valence-corrected chi connectivity index (χ3v) is 4.33. The van der Waals surface area contributed by atoms with Gasteiger partial charge < -0.3 is 14.3 Å². The van der Waals surface area contributed by atoms with E-state index in [9.17, 15) is 4.39 Å². The Bertz CT molecular complexity index is 666. The first kappa shape index (κ1) is 12.3. The van der Waals surface area contributed by atoms with Crippen LogP contribution in [0.1, 0.15) is 19.4 Å². The highest BCUT2D eigenvalue weighted by Gasteiger charge is 2.28. The average molecular weight is 331 g/mol. The standard InChI is InChI=1S/C12H12BrFN2OS/c1-6-10(2-3-17-6)16-11-5-8(14)7(13)4-9(11)15-12(16)18/h4-6,10H,2-3H2,1H3,(H,15,18). The van der Waals surface area contributed by atoms with E-state index in [1.165, 1.54) is 6.07 Å². The highest BCUT2D eigenvalue weighted by molar-refractivity contribution is 9.10. The molecule has 2 atom stereocenters. The van der Waals surface area contributed by atoms with E-state index in [1.54, 1.807) is 6.07 Å². The van der Waals surface area contributed by atoms with Gasteiger partial charge in [0.05, 0.1) is 27.7 Å². The number of imidazole rings is 1. The Morgan fingerprint density at radius 1 is 1.56 bits per heavy atom. The van der Waals surface area contributed by atoms with Crippen molar-refractivity contribution in [2.24, 2.45) is 0 Å². The third kappa shape index (κ3) is 1.83. The molecule has 2 aromatic rings. The second-order valence-electron chi connectivity index (χ2n) is 4.52. The number of H-pyrrole nitrogens is 1. The normalized spacial score (nSPS) is 23.9. The summed E-state index contributed by atoms with van der Waals surface area (Å²) < 4.78 is 22.3. The van der Waals surface area contributed by atoms with Gasteiger partial charge in [0.2, 0.25) is 0 Å². The highest BCUT2D eigenvalue weighted by Crippen LogP contribution is 2.31. The van der Waals surface area contributed by atoms with E-state index in [2.05, 4.69) is 20.9 Å². The van der Waals surface area contributed by atoms with Crippen molar-refractivity contribution in [3.63, 3.8) is 0 Å². The molecule has 0 aliphatic carbocycles. The molecule has 1 aliphatic rings. The van der Waals surface area contributed by atoms with Crippen molar-refractivity contribution in [3.05, 3.63) is 27.2 Å². The molecule has 96 valence electrons. The molecular weight excluding hydrogens is 319 g/mol. The SMILES string of the molecule is CC1OCCC1n1c(=S)[nH]c2cc(Br)c(F)cc21. The monoisotopic (exact) mass is 330 g/mol. The summed E-state index contributed by atoms with van der Waals surface area (Å²) in [6.45, 7) is 2.74. The van der Waals surface area contributed by atoms with E-state index in [-0.39, 0.29) is 18.0 Å². The zero-order chi connectivity index (χ0) is 12.9. The number of fused-ring (bicyclic) bond motifs is 1. The topological polar surface area (TPSA) is 29.9 Å². The number of halogens is 2. The van der Waals surface area contributed by atoms with Crippen molar-refractivity contribution in [2.75, 3.05) is 6.61 Å². The van der Waals surface area contributed by atoms with Crippen LogP contribution in [0.15, 0.2) is 16.6 Å². The maximum absolute atomic E-state index is 13.7. The van der Waals surface area contributed by atoms with Gasteiger partial charge in [0.25, 0.3) is 0 Å². The molecule has 18 heavy (non-hydrogen) atoms. The summed E-state index contributed by atoms with van der Waals surface area (Å²) in [4.78, 5) is 3.12. The van der Waals surface area contributed by atoms with Crippen LogP contribution in [0.4, 0.5) is 4.39 Å². The van der Waals surface area contributed by atoms with Gasteiger partial charge >= 0.3 is 0 Å². The van der Waals surface area contributed by atoms with E-state index >= 15 is 0 Å².